The number of fused-ring (bicyclic) bond motifs is 1. The van der Waals surface area contributed by atoms with Crippen molar-refractivity contribution in [1.82, 2.24) is 0 Å². The standard InChI is InChI=1S/C37H42B2O4Si/c1-34(2)35(3,4)41-38(40-34)28-23-29(39-42-36(5,6)37(7,8)43-39)25-33(24-28)44(30-15-11-9-12-16-30,31-17-13-10-14-18-31)32-20-19-26-21-27(26)22-32/h9-20,22-25H,21H2,1-8H3. The minimum Gasteiger partial charge on any atom is -0.399 e. The van der Waals surface area contributed by atoms with Gasteiger partial charge in [0.05, 0.1) is 22.4 Å². The van der Waals surface area contributed by atoms with Crippen LogP contribution in [0.5, 0.6) is 0 Å². The Labute approximate surface area is 264 Å². The molecule has 2 aliphatic heterocycles. The van der Waals surface area contributed by atoms with Crippen molar-refractivity contribution in [2.75, 3.05) is 0 Å². The van der Waals surface area contributed by atoms with E-state index < -0.39 is 44.7 Å². The lowest BCUT2D eigenvalue weighted by molar-refractivity contribution is 0.00578. The van der Waals surface area contributed by atoms with Gasteiger partial charge < -0.3 is 18.6 Å². The third-order valence-corrected chi connectivity index (χ3v) is 15.5. The molecule has 1 aliphatic carbocycles. The van der Waals surface area contributed by atoms with Gasteiger partial charge >= 0.3 is 14.2 Å². The maximum absolute atomic E-state index is 6.67. The van der Waals surface area contributed by atoms with E-state index in [1.807, 2.05) is 0 Å². The van der Waals surface area contributed by atoms with Crippen LogP contribution in [0.1, 0.15) is 66.5 Å². The molecule has 2 heterocycles. The van der Waals surface area contributed by atoms with E-state index in [1.165, 1.54) is 31.9 Å². The highest BCUT2D eigenvalue weighted by Crippen LogP contribution is 2.38. The van der Waals surface area contributed by atoms with Crippen LogP contribution in [0.3, 0.4) is 0 Å². The summed E-state index contributed by atoms with van der Waals surface area (Å²) in [5.41, 5.74) is 3.01. The summed E-state index contributed by atoms with van der Waals surface area (Å²) in [5, 5.41) is 5.29. The van der Waals surface area contributed by atoms with Gasteiger partial charge in [-0.3, -0.25) is 0 Å². The van der Waals surface area contributed by atoms with Crippen LogP contribution in [0.25, 0.3) is 0 Å². The molecule has 7 heteroatoms. The molecule has 0 unspecified atom stereocenters. The average Bonchev–Trinajstić information content (AvgIpc) is 3.67. The largest absolute Gasteiger partial charge is 0.494 e. The maximum atomic E-state index is 6.67. The van der Waals surface area contributed by atoms with Gasteiger partial charge in [-0.05, 0) is 105 Å². The summed E-state index contributed by atoms with van der Waals surface area (Å²) in [4.78, 5) is 0. The third kappa shape index (κ3) is 4.67. The summed E-state index contributed by atoms with van der Waals surface area (Å²) in [6, 6.07) is 36.1. The fourth-order valence-corrected chi connectivity index (χ4v) is 11.5. The first-order valence-electron chi connectivity index (χ1n) is 15.8. The van der Waals surface area contributed by atoms with Gasteiger partial charge in [-0.1, -0.05) is 97.1 Å². The highest BCUT2D eigenvalue weighted by molar-refractivity contribution is 7.20. The Morgan fingerprint density at radius 3 is 1.30 bits per heavy atom. The topological polar surface area (TPSA) is 36.9 Å². The Bertz CT molecular complexity index is 1590. The van der Waals surface area contributed by atoms with Gasteiger partial charge in [0.15, 0.2) is 8.07 Å². The van der Waals surface area contributed by atoms with Gasteiger partial charge in [0.25, 0.3) is 0 Å². The zero-order valence-electron chi connectivity index (χ0n) is 27.2. The van der Waals surface area contributed by atoms with Crippen molar-refractivity contribution in [3.63, 3.8) is 0 Å². The normalized spacial score (nSPS) is 20.9. The van der Waals surface area contributed by atoms with Gasteiger partial charge in [-0.2, -0.15) is 0 Å². The minimum absolute atomic E-state index is 0.463. The second-order valence-electron chi connectivity index (χ2n) is 14.7. The summed E-state index contributed by atoms with van der Waals surface area (Å²) in [6.45, 7) is 16.9. The number of hydrogen-bond donors (Lipinski definition) is 0. The van der Waals surface area contributed by atoms with E-state index in [9.17, 15) is 0 Å². The molecule has 2 fully saturated rings. The smallest absolute Gasteiger partial charge is 0.399 e. The summed E-state index contributed by atoms with van der Waals surface area (Å²) in [7, 11) is -3.87. The second kappa shape index (κ2) is 10.0. The lowest BCUT2D eigenvalue weighted by Crippen LogP contribution is -2.75. The average molecular weight is 600 g/mol. The highest BCUT2D eigenvalue weighted by Gasteiger charge is 2.55. The summed E-state index contributed by atoms with van der Waals surface area (Å²) < 4.78 is 26.7. The van der Waals surface area contributed by atoms with E-state index in [0.717, 1.165) is 17.3 Å². The van der Waals surface area contributed by atoms with E-state index in [4.69, 9.17) is 18.6 Å². The minimum atomic E-state index is -2.83. The van der Waals surface area contributed by atoms with Gasteiger partial charge in [-0.25, -0.2) is 0 Å². The zero-order valence-corrected chi connectivity index (χ0v) is 28.2. The molecule has 0 bridgehead atoms. The van der Waals surface area contributed by atoms with E-state index in [-0.39, 0.29) is 0 Å². The van der Waals surface area contributed by atoms with Crippen LogP contribution in [-0.2, 0) is 25.0 Å². The van der Waals surface area contributed by atoms with Gasteiger partial charge in [0, 0.05) is 0 Å². The molecule has 0 saturated carbocycles. The first-order chi connectivity index (χ1) is 20.7. The van der Waals surface area contributed by atoms with Crippen molar-refractivity contribution >= 4 is 54.0 Å². The summed E-state index contributed by atoms with van der Waals surface area (Å²) in [6.07, 6.45) is 1.07. The molecule has 0 N–H and O–H groups in total. The predicted molar refractivity (Wildman–Crippen MR) is 184 cm³/mol. The number of benzene rings is 4. The van der Waals surface area contributed by atoms with E-state index in [0.29, 0.717) is 0 Å². The number of rotatable bonds is 6. The molecule has 2 saturated heterocycles. The van der Waals surface area contributed by atoms with E-state index >= 15 is 0 Å². The molecule has 3 aliphatic rings. The van der Waals surface area contributed by atoms with Crippen molar-refractivity contribution in [1.29, 1.82) is 0 Å². The molecule has 0 radical (unpaired) electrons. The molecule has 224 valence electrons. The first-order valence-corrected chi connectivity index (χ1v) is 17.8. The molecule has 4 aromatic rings. The lowest BCUT2D eigenvalue weighted by atomic mass is 9.72. The molecule has 4 aromatic carbocycles. The number of hydrogen-bond acceptors (Lipinski definition) is 4. The second-order valence-corrected chi connectivity index (χ2v) is 18.5. The van der Waals surface area contributed by atoms with Gasteiger partial charge in [0.2, 0.25) is 0 Å². The van der Waals surface area contributed by atoms with E-state index in [2.05, 4.69) is 152 Å². The van der Waals surface area contributed by atoms with Crippen LogP contribution < -0.4 is 31.7 Å². The Morgan fingerprint density at radius 1 is 0.455 bits per heavy atom. The molecular formula is C37H42B2O4Si. The highest BCUT2D eigenvalue weighted by atomic mass is 28.3. The van der Waals surface area contributed by atoms with Crippen LogP contribution in [0.15, 0.2) is 97.1 Å². The summed E-state index contributed by atoms with van der Waals surface area (Å²) >= 11 is 0. The van der Waals surface area contributed by atoms with Crippen molar-refractivity contribution in [3.8, 4) is 0 Å². The van der Waals surface area contributed by atoms with Crippen molar-refractivity contribution in [2.45, 2.75) is 84.2 Å². The summed E-state index contributed by atoms with van der Waals surface area (Å²) in [5.74, 6) is 0. The molecule has 44 heavy (non-hydrogen) atoms. The van der Waals surface area contributed by atoms with Crippen LogP contribution in [0, 0.1) is 0 Å². The van der Waals surface area contributed by atoms with E-state index in [1.54, 1.807) is 0 Å². The van der Waals surface area contributed by atoms with Crippen LogP contribution in [0.2, 0.25) is 0 Å². The van der Waals surface area contributed by atoms with Crippen molar-refractivity contribution in [2.24, 2.45) is 0 Å². The van der Waals surface area contributed by atoms with Crippen LogP contribution >= 0.6 is 0 Å². The van der Waals surface area contributed by atoms with Crippen molar-refractivity contribution < 1.29 is 18.6 Å². The SMILES string of the molecule is CC1(C)OB(c2cc(B3OC(C)(C)C(C)(C)O3)cc([Si](c3ccccc3)(c3ccccc3)c3ccc4c(c3)C4)c2)OC1(C)C. The van der Waals surface area contributed by atoms with Crippen molar-refractivity contribution in [3.05, 3.63) is 108 Å². The molecule has 0 aromatic heterocycles. The predicted octanol–water partition coefficient (Wildman–Crippen LogP) is 3.57. The monoisotopic (exact) mass is 600 g/mol. The molecule has 0 spiro atoms. The first kappa shape index (κ1) is 29.8. The molecule has 7 rings (SSSR count). The Balaban J connectivity index is 1.52. The maximum Gasteiger partial charge on any atom is 0.494 e. The quantitative estimate of drug-likeness (QED) is 0.221. The fourth-order valence-electron chi connectivity index (χ4n) is 6.63. The zero-order chi connectivity index (χ0) is 31.1. The molecule has 4 nitrogen and oxygen atoms in total. The fraction of sp³-hybridized carbons (Fsp3) is 0.351. The molecule has 0 amide bonds. The third-order valence-electron chi connectivity index (χ3n) is 10.8. The Hall–Kier alpha value is -2.93. The lowest BCUT2D eigenvalue weighted by Gasteiger charge is -2.35. The van der Waals surface area contributed by atoms with Crippen LogP contribution in [0.4, 0.5) is 0 Å². The van der Waals surface area contributed by atoms with Crippen LogP contribution in [-0.4, -0.2) is 44.7 Å². The molecule has 0 atom stereocenters. The van der Waals surface area contributed by atoms with Gasteiger partial charge in [-0.15, -0.1) is 0 Å². The molecular weight excluding hydrogens is 558 g/mol. The van der Waals surface area contributed by atoms with Gasteiger partial charge in [0.1, 0.15) is 0 Å². The Morgan fingerprint density at radius 2 is 0.886 bits per heavy atom. The Kier molecular flexibility index (Phi) is 6.79.